The molecule has 1 N–H and O–H groups in total. The Kier molecular flexibility index (Phi) is 5.65. The van der Waals surface area contributed by atoms with Gasteiger partial charge in [-0.15, -0.1) is 0 Å². The quantitative estimate of drug-likeness (QED) is 0.718. The Hall–Kier alpha value is -3.20. The molecule has 4 heterocycles. The molecule has 1 aromatic heterocycles. The summed E-state index contributed by atoms with van der Waals surface area (Å²) in [6, 6.07) is 5.09. The van der Waals surface area contributed by atoms with Gasteiger partial charge in [-0.25, -0.2) is 8.78 Å². The van der Waals surface area contributed by atoms with Crippen LogP contribution in [-0.4, -0.2) is 51.6 Å². The van der Waals surface area contributed by atoms with E-state index >= 15 is 4.39 Å². The summed E-state index contributed by atoms with van der Waals surface area (Å²) in [5.74, 6) is -1.89. The third-order valence-electron chi connectivity index (χ3n) is 6.83. The molecule has 0 saturated carbocycles. The number of fused-ring (bicyclic) bond motifs is 1. The third kappa shape index (κ3) is 4.25. The van der Waals surface area contributed by atoms with Crippen LogP contribution in [0.25, 0.3) is 0 Å². The Labute approximate surface area is 189 Å². The van der Waals surface area contributed by atoms with E-state index in [1.807, 2.05) is 0 Å². The van der Waals surface area contributed by atoms with Crippen molar-refractivity contribution >= 4 is 17.7 Å². The SMILES string of the molecule is O=C1CCC(N2Cc3cc(C4CCN(Cc5cc(F)ccn5)CC4)c(F)cc3C2=O)C(=O)N1. The molecule has 7 nitrogen and oxygen atoms in total. The smallest absolute Gasteiger partial charge is 0.255 e. The van der Waals surface area contributed by atoms with Crippen LogP contribution >= 0.6 is 0 Å². The van der Waals surface area contributed by atoms with Gasteiger partial charge in [-0.05, 0) is 67.6 Å². The Balaban J connectivity index is 1.27. The molecule has 1 unspecified atom stereocenters. The summed E-state index contributed by atoms with van der Waals surface area (Å²) in [5, 5.41) is 2.28. The van der Waals surface area contributed by atoms with E-state index in [4.69, 9.17) is 0 Å². The van der Waals surface area contributed by atoms with Gasteiger partial charge in [0.05, 0.1) is 5.69 Å². The van der Waals surface area contributed by atoms with E-state index in [9.17, 15) is 18.8 Å². The van der Waals surface area contributed by atoms with E-state index < -0.39 is 17.8 Å². The molecule has 3 aliphatic heterocycles. The van der Waals surface area contributed by atoms with Crippen molar-refractivity contribution in [2.24, 2.45) is 0 Å². The molecule has 0 aliphatic carbocycles. The second-order valence-electron chi connectivity index (χ2n) is 8.95. The van der Waals surface area contributed by atoms with Crippen LogP contribution in [0.15, 0.2) is 30.5 Å². The minimum Gasteiger partial charge on any atom is -0.322 e. The number of amides is 3. The normalized spacial score (nSPS) is 21.9. The molecule has 2 fully saturated rings. The Morgan fingerprint density at radius 2 is 1.85 bits per heavy atom. The van der Waals surface area contributed by atoms with Gasteiger partial charge in [0, 0.05) is 31.3 Å². The highest BCUT2D eigenvalue weighted by atomic mass is 19.1. The fourth-order valence-corrected chi connectivity index (χ4v) is 5.09. The molecule has 33 heavy (non-hydrogen) atoms. The van der Waals surface area contributed by atoms with Gasteiger partial charge in [-0.2, -0.15) is 0 Å². The summed E-state index contributed by atoms with van der Waals surface area (Å²) in [7, 11) is 0. The van der Waals surface area contributed by atoms with Crippen LogP contribution in [0.2, 0.25) is 0 Å². The topological polar surface area (TPSA) is 82.6 Å². The van der Waals surface area contributed by atoms with Crippen LogP contribution in [-0.2, 0) is 22.7 Å². The van der Waals surface area contributed by atoms with Gasteiger partial charge >= 0.3 is 0 Å². The van der Waals surface area contributed by atoms with Crippen LogP contribution in [0.1, 0.15) is 58.8 Å². The Morgan fingerprint density at radius 3 is 2.58 bits per heavy atom. The molecule has 0 bridgehead atoms. The van der Waals surface area contributed by atoms with Gasteiger partial charge < -0.3 is 4.90 Å². The minimum absolute atomic E-state index is 0.0202. The first-order chi connectivity index (χ1) is 15.9. The number of carbonyl (C=O) groups is 3. The lowest BCUT2D eigenvalue weighted by molar-refractivity contribution is -0.136. The number of carbonyl (C=O) groups excluding carboxylic acids is 3. The molecule has 1 atom stereocenters. The minimum atomic E-state index is -0.714. The first-order valence-corrected chi connectivity index (χ1v) is 11.2. The maximum absolute atomic E-state index is 15.0. The number of piperidine rings is 2. The van der Waals surface area contributed by atoms with Crippen LogP contribution < -0.4 is 5.32 Å². The Morgan fingerprint density at radius 1 is 1.06 bits per heavy atom. The van der Waals surface area contributed by atoms with Crippen molar-refractivity contribution in [3.05, 3.63) is 64.5 Å². The van der Waals surface area contributed by atoms with Crippen LogP contribution in [0.3, 0.4) is 0 Å². The Bertz CT molecular complexity index is 1130. The summed E-state index contributed by atoms with van der Waals surface area (Å²) in [6.07, 6.45) is 3.40. The van der Waals surface area contributed by atoms with Crippen molar-refractivity contribution in [2.45, 2.75) is 50.7 Å². The van der Waals surface area contributed by atoms with Crippen LogP contribution in [0, 0.1) is 11.6 Å². The maximum Gasteiger partial charge on any atom is 0.255 e. The first-order valence-electron chi connectivity index (χ1n) is 11.2. The number of nitrogens with zero attached hydrogens (tertiary/aromatic N) is 3. The number of hydrogen-bond donors (Lipinski definition) is 1. The molecule has 0 spiro atoms. The number of benzene rings is 1. The van der Waals surface area contributed by atoms with E-state index in [1.165, 1.54) is 29.3 Å². The van der Waals surface area contributed by atoms with Crippen molar-refractivity contribution in [2.75, 3.05) is 13.1 Å². The van der Waals surface area contributed by atoms with E-state index in [0.29, 0.717) is 23.4 Å². The van der Waals surface area contributed by atoms with Gasteiger partial charge in [0.2, 0.25) is 11.8 Å². The zero-order valence-electron chi connectivity index (χ0n) is 18.0. The third-order valence-corrected chi connectivity index (χ3v) is 6.83. The van der Waals surface area contributed by atoms with Gasteiger partial charge in [0.25, 0.3) is 5.91 Å². The lowest BCUT2D eigenvalue weighted by Gasteiger charge is -2.32. The average molecular weight is 454 g/mol. The number of pyridine rings is 1. The van der Waals surface area contributed by atoms with Gasteiger partial charge in [-0.3, -0.25) is 29.6 Å². The van der Waals surface area contributed by atoms with Crippen molar-refractivity contribution in [1.29, 1.82) is 0 Å². The van der Waals surface area contributed by atoms with Crippen molar-refractivity contribution in [3.63, 3.8) is 0 Å². The standard InChI is InChI=1S/C24H24F2N4O3/c25-16-3-6-27-17(10-16)13-29-7-4-14(5-8-29)18-9-15-12-30(24(33)19(15)11-20(18)26)21-1-2-22(31)28-23(21)32/h3,6,9-11,14,21H,1-2,4-5,7-8,12-13H2,(H,28,31,32). The lowest BCUT2D eigenvalue weighted by atomic mass is 9.87. The molecular formula is C24H24F2N4O3. The number of likely N-dealkylation sites (tertiary alicyclic amines) is 1. The average Bonchev–Trinajstić information content (AvgIpc) is 3.09. The lowest BCUT2D eigenvalue weighted by Crippen LogP contribution is -2.52. The summed E-state index contributed by atoms with van der Waals surface area (Å²) in [6.45, 7) is 2.26. The fraction of sp³-hybridized carbons (Fsp3) is 0.417. The number of hydrogen-bond acceptors (Lipinski definition) is 5. The van der Waals surface area contributed by atoms with Crippen molar-refractivity contribution in [1.82, 2.24) is 20.1 Å². The van der Waals surface area contributed by atoms with E-state index in [2.05, 4.69) is 15.2 Å². The highest BCUT2D eigenvalue weighted by Gasteiger charge is 2.40. The molecule has 9 heteroatoms. The van der Waals surface area contributed by atoms with Crippen LogP contribution in [0.5, 0.6) is 0 Å². The molecule has 3 aliphatic rings. The number of imide groups is 1. The number of rotatable bonds is 4. The van der Waals surface area contributed by atoms with Gasteiger partial charge in [0.15, 0.2) is 0 Å². The fourth-order valence-electron chi connectivity index (χ4n) is 5.09. The summed E-state index contributed by atoms with van der Waals surface area (Å²) in [5.41, 5.74) is 2.27. The largest absolute Gasteiger partial charge is 0.322 e. The first kappa shape index (κ1) is 21.6. The summed E-state index contributed by atoms with van der Waals surface area (Å²) in [4.78, 5) is 44.3. The number of halogens is 2. The number of nitrogens with one attached hydrogen (secondary N) is 1. The number of aromatic nitrogens is 1. The maximum atomic E-state index is 15.0. The molecule has 2 saturated heterocycles. The van der Waals surface area contributed by atoms with E-state index in [1.54, 1.807) is 6.07 Å². The van der Waals surface area contributed by atoms with Crippen molar-refractivity contribution in [3.8, 4) is 0 Å². The molecule has 3 amide bonds. The second-order valence-corrected chi connectivity index (χ2v) is 8.95. The predicted octanol–water partition coefficient (Wildman–Crippen LogP) is 2.50. The highest BCUT2D eigenvalue weighted by molar-refractivity contribution is 6.05. The zero-order chi connectivity index (χ0) is 23.1. The second kappa shape index (κ2) is 8.62. The predicted molar refractivity (Wildman–Crippen MR) is 114 cm³/mol. The molecule has 2 aromatic rings. The zero-order valence-corrected chi connectivity index (χ0v) is 18.0. The van der Waals surface area contributed by atoms with Gasteiger partial charge in [0.1, 0.15) is 17.7 Å². The van der Waals surface area contributed by atoms with E-state index in [-0.39, 0.29) is 48.5 Å². The summed E-state index contributed by atoms with van der Waals surface area (Å²) < 4.78 is 28.4. The van der Waals surface area contributed by atoms with E-state index in [0.717, 1.165) is 25.9 Å². The van der Waals surface area contributed by atoms with Crippen molar-refractivity contribution < 1.29 is 23.2 Å². The highest BCUT2D eigenvalue weighted by Crippen LogP contribution is 2.35. The molecule has 172 valence electrons. The molecule has 5 rings (SSSR count). The van der Waals surface area contributed by atoms with Crippen LogP contribution in [0.4, 0.5) is 8.78 Å². The monoisotopic (exact) mass is 454 g/mol. The molecule has 1 aromatic carbocycles. The summed E-state index contributed by atoms with van der Waals surface area (Å²) >= 11 is 0. The molecule has 0 radical (unpaired) electrons. The van der Waals surface area contributed by atoms with Gasteiger partial charge in [-0.1, -0.05) is 6.07 Å². The molecular weight excluding hydrogens is 430 g/mol.